The van der Waals surface area contributed by atoms with E-state index in [2.05, 4.69) is 17.6 Å². The van der Waals surface area contributed by atoms with Crippen molar-refractivity contribution in [2.24, 2.45) is 5.92 Å². The molecule has 0 spiro atoms. The fraction of sp³-hybridized carbons (Fsp3) is 0.900. The Labute approximate surface area is 85.4 Å². The van der Waals surface area contributed by atoms with Gasteiger partial charge in [0.1, 0.15) is 6.61 Å². The normalized spacial score (nSPS) is 27.3. The number of hydrogen-bond acceptors (Lipinski definition) is 3. The number of ether oxygens (including phenoxy) is 1. The highest BCUT2D eigenvalue weighted by Crippen LogP contribution is 2.09. The van der Waals surface area contributed by atoms with Gasteiger partial charge >= 0.3 is 0 Å². The van der Waals surface area contributed by atoms with Crippen LogP contribution in [0, 0.1) is 5.92 Å². The molecule has 82 valence electrons. The molecule has 0 aromatic carbocycles. The molecule has 4 nitrogen and oxygen atoms in total. The predicted octanol–water partition coefficient (Wildman–Crippen LogP) is 0.137. The highest BCUT2D eigenvalue weighted by Gasteiger charge is 2.22. The van der Waals surface area contributed by atoms with E-state index in [1.807, 2.05) is 6.92 Å². The maximum atomic E-state index is 11.4. The zero-order chi connectivity index (χ0) is 10.4. The minimum absolute atomic E-state index is 0.00519. The van der Waals surface area contributed by atoms with Gasteiger partial charge in [0.05, 0.1) is 0 Å². The van der Waals surface area contributed by atoms with Gasteiger partial charge in [0, 0.05) is 12.6 Å². The van der Waals surface area contributed by atoms with Crippen molar-refractivity contribution >= 4 is 5.91 Å². The van der Waals surface area contributed by atoms with Gasteiger partial charge in [-0.2, -0.15) is 0 Å². The van der Waals surface area contributed by atoms with Crippen LogP contribution in [0.1, 0.15) is 20.3 Å². The van der Waals surface area contributed by atoms with Crippen molar-refractivity contribution in [2.45, 2.75) is 26.3 Å². The van der Waals surface area contributed by atoms with E-state index < -0.39 is 0 Å². The standard InChI is InChI=1S/C10H20N2O2/c1-3-14-7-10(13)12-9-4-5-11-6-8(9)2/h8-9,11H,3-7H2,1-2H3,(H,12,13). The molecule has 2 N–H and O–H groups in total. The van der Waals surface area contributed by atoms with Crippen molar-refractivity contribution in [2.75, 3.05) is 26.3 Å². The molecule has 0 aliphatic carbocycles. The smallest absolute Gasteiger partial charge is 0.246 e. The summed E-state index contributed by atoms with van der Waals surface area (Å²) >= 11 is 0. The number of carbonyl (C=O) groups is 1. The van der Waals surface area contributed by atoms with Crippen LogP contribution in [-0.4, -0.2) is 38.3 Å². The molecule has 1 aliphatic heterocycles. The highest BCUT2D eigenvalue weighted by atomic mass is 16.5. The van der Waals surface area contributed by atoms with E-state index in [1.165, 1.54) is 0 Å². The summed E-state index contributed by atoms with van der Waals surface area (Å²) in [6, 6.07) is 0.309. The Morgan fingerprint density at radius 3 is 3.07 bits per heavy atom. The van der Waals surface area contributed by atoms with E-state index >= 15 is 0 Å². The monoisotopic (exact) mass is 200 g/mol. The van der Waals surface area contributed by atoms with Crippen LogP contribution in [0.15, 0.2) is 0 Å². The molecule has 4 heteroatoms. The van der Waals surface area contributed by atoms with E-state index in [-0.39, 0.29) is 12.5 Å². The lowest BCUT2D eigenvalue weighted by molar-refractivity contribution is -0.126. The molecule has 1 fully saturated rings. The van der Waals surface area contributed by atoms with Gasteiger partial charge in [-0.3, -0.25) is 4.79 Å². The zero-order valence-electron chi connectivity index (χ0n) is 9.01. The summed E-state index contributed by atoms with van der Waals surface area (Å²) < 4.78 is 5.04. The quantitative estimate of drug-likeness (QED) is 0.678. The molecule has 2 unspecified atom stereocenters. The predicted molar refractivity (Wildman–Crippen MR) is 55.1 cm³/mol. The summed E-state index contributed by atoms with van der Waals surface area (Å²) in [4.78, 5) is 11.4. The molecule has 1 heterocycles. The average Bonchev–Trinajstić information content (AvgIpc) is 2.18. The van der Waals surface area contributed by atoms with Crippen LogP contribution < -0.4 is 10.6 Å². The van der Waals surface area contributed by atoms with Gasteiger partial charge in [0.25, 0.3) is 0 Å². The van der Waals surface area contributed by atoms with Crippen LogP contribution in [0.25, 0.3) is 0 Å². The second-order valence-electron chi connectivity index (χ2n) is 3.78. The van der Waals surface area contributed by atoms with Gasteiger partial charge in [-0.15, -0.1) is 0 Å². The average molecular weight is 200 g/mol. The lowest BCUT2D eigenvalue weighted by Crippen LogP contribution is -2.49. The van der Waals surface area contributed by atoms with Crippen LogP contribution in [0.5, 0.6) is 0 Å². The molecule has 0 saturated carbocycles. The minimum atomic E-state index is 0.00519. The number of rotatable bonds is 4. The SMILES string of the molecule is CCOCC(=O)NC1CCNCC1C. The Balaban J connectivity index is 2.23. The third-order valence-electron chi connectivity index (χ3n) is 2.57. The van der Waals surface area contributed by atoms with Crippen LogP contribution in [0.3, 0.4) is 0 Å². The van der Waals surface area contributed by atoms with Crippen molar-refractivity contribution < 1.29 is 9.53 Å². The molecule has 1 amide bonds. The summed E-state index contributed by atoms with van der Waals surface area (Å²) in [6.45, 7) is 6.80. The Bertz CT molecular complexity index is 185. The maximum Gasteiger partial charge on any atom is 0.246 e. The summed E-state index contributed by atoms with van der Waals surface area (Å²) in [5.74, 6) is 0.514. The van der Waals surface area contributed by atoms with E-state index in [0.717, 1.165) is 19.5 Å². The Morgan fingerprint density at radius 1 is 1.64 bits per heavy atom. The van der Waals surface area contributed by atoms with E-state index in [1.54, 1.807) is 0 Å². The Morgan fingerprint density at radius 2 is 2.43 bits per heavy atom. The second-order valence-corrected chi connectivity index (χ2v) is 3.78. The van der Waals surface area contributed by atoms with Gasteiger partial charge in [-0.25, -0.2) is 0 Å². The third kappa shape index (κ3) is 3.64. The molecule has 1 saturated heterocycles. The molecule has 0 radical (unpaired) electrons. The van der Waals surface area contributed by atoms with Crippen molar-refractivity contribution in [3.63, 3.8) is 0 Å². The maximum absolute atomic E-state index is 11.4. The number of hydrogen-bond donors (Lipinski definition) is 2. The van der Waals surface area contributed by atoms with Crippen molar-refractivity contribution in [1.29, 1.82) is 0 Å². The molecule has 14 heavy (non-hydrogen) atoms. The number of nitrogens with one attached hydrogen (secondary N) is 2. The van der Waals surface area contributed by atoms with Crippen molar-refractivity contribution in [1.82, 2.24) is 10.6 Å². The first-order valence-corrected chi connectivity index (χ1v) is 5.32. The van der Waals surface area contributed by atoms with Crippen LogP contribution in [0.2, 0.25) is 0 Å². The van der Waals surface area contributed by atoms with Gasteiger partial charge in [0.2, 0.25) is 5.91 Å². The second kappa shape index (κ2) is 5.98. The van der Waals surface area contributed by atoms with Gasteiger partial charge in [-0.05, 0) is 32.4 Å². The summed E-state index contributed by atoms with van der Waals surface area (Å²) in [7, 11) is 0. The van der Waals surface area contributed by atoms with Crippen molar-refractivity contribution in [3.8, 4) is 0 Å². The fourth-order valence-electron chi connectivity index (χ4n) is 1.67. The molecule has 0 aromatic rings. The first kappa shape index (κ1) is 11.5. The molecule has 1 aliphatic rings. The van der Waals surface area contributed by atoms with Crippen LogP contribution in [0.4, 0.5) is 0 Å². The summed E-state index contributed by atoms with van der Waals surface area (Å²) in [5, 5.41) is 6.30. The van der Waals surface area contributed by atoms with Crippen molar-refractivity contribution in [3.05, 3.63) is 0 Å². The number of amides is 1. The topological polar surface area (TPSA) is 50.4 Å². The third-order valence-corrected chi connectivity index (χ3v) is 2.57. The van der Waals surface area contributed by atoms with Gasteiger partial charge in [-0.1, -0.05) is 6.92 Å². The van der Waals surface area contributed by atoms with E-state index in [4.69, 9.17) is 4.74 Å². The van der Waals surface area contributed by atoms with Crippen LogP contribution in [-0.2, 0) is 9.53 Å². The van der Waals surface area contributed by atoms with Gasteiger partial charge in [0.15, 0.2) is 0 Å². The van der Waals surface area contributed by atoms with Gasteiger partial charge < -0.3 is 15.4 Å². The molecular weight excluding hydrogens is 180 g/mol. The fourth-order valence-corrected chi connectivity index (χ4v) is 1.67. The summed E-state index contributed by atoms with van der Waals surface area (Å²) in [5.41, 5.74) is 0. The van der Waals surface area contributed by atoms with E-state index in [0.29, 0.717) is 18.6 Å². The molecule has 0 aromatic heterocycles. The Hall–Kier alpha value is -0.610. The largest absolute Gasteiger partial charge is 0.372 e. The van der Waals surface area contributed by atoms with Crippen LogP contribution >= 0.6 is 0 Å². The molecule has 2 atom stereocenters. The number of piperidine rings is 1. The lowest BCUT2D eigenvalue weighted by atomic mass is 9.95. The number of carbonyl (C=O) groups excluding carboxylic acids is 1. The Kier molecular flexibility index (Phi) is 4.90. The first-order chi connectivity index (χ1) is 6.74. The highest BCUT2D eigenvalue weighted by molar-refractivity contribution is 5.77. The minimum Gasteiger partial charge on any atom is -0.372 e. The molecular formula is C10H20N2O2. The summed E-state index contributed by atoms with van der Waals surface area (Å²) in [6.07, 6.45) is 1.01. The first-order valence-electron chi connectivity index (χ1n) is 5.32. The molecule has 0 bridgehead atoms. The lowest BCUT2D eigenvalue weighted by Gasteiger charge is -2.30. The zero-order valence-corrected chi connectivity index (χ0v) is 9.01. The van der Waals surface area contributed by atoms with E-state index in [9.17, 15) is 4.79 Å². The molecule has 1 rings (SSSR count).